The molecule has 3 nitrogen and oxygen atoms in total. The smallest absolute Gasteiger partial charge is 0.211 e. The summed E-state index contributed by atoms with van der Waals surface area (Å²) < 4.78 is 2.42. The van der Waals surface area contributed by atoms with Gasteiger partial charge in [0, 0.05) is 24.1 Å². The largest absolute Gasteiger partial charge is 0.493 e. The van der Waals surface area contributed by atoms with Crippen molar-refractivity contribution in [1.29, 1.82) is 0 Å². The molecule has 22 heavy (non-hydrogen) atoms. The van der Waals surface area contributed by atoms with Crippen LogP contribution >= 0.6 is 35.3 Å². The van der Waals surface area contributed by atoms with E-state index < -0.39 is 0 Å². The zero-order valence-corrected chi connectivity index (χ0v) is 14.8. The molecule has 1 aliphatic rings. The molecule has 0 spiro atoms. The average molecular weight is 349 g/mol. The first kappa shape index (κ1) is 15.4. The predicted molar refractivity (Wildman–Crippen MR) is 97.3 cm³/mol. The quantitative estimate of drug-likeness (QED) is 0.618. The first-order valence-corrected chi connectivity index (χ1v) is 9.13. The second kappa shape index (κ2) is 6.34. The maximum absolute atomic E-state index is 10.2. The van der Waals surface area contributed by atoms with Crippen molar-refractivity contribution in [2.45, 2.75) is 25.3 Å². The molecule has 6 heteroatoms. The Labute approximate surface area is 143 Å². The van der Waals surface area contributed by atoms with Crippen molar-refractivity contribution in [3.8, 4) is 5.88 Å². The van der Waals surface area contributed by atoms with Crippen LogP contribution in [0.5, 0.6) is 5.88 Å². The van der Waals surface area contributed by atoms with E-state index in [1.807, 2.05) is 25.1 Å². The second-order valence-electron chi connectivity index (χ2n) is 4.71. The third kappa shape index (κ3) is 2.63. The van der Waals surface area contributed by atoms with Crippen molar-refractivity contribution >= 4 is 47.1 Å². The minimum atomic E-state index is 0.231. The van der Waals surface area contributed by atoms with Crippen LogP contribution in [0, 0.1) is 3.95 Å². The fraction of sp³-hybridized carbons (Fsp3) is 0.250. The summed E-state index contributed by atoms with van der Waals surface area (Å²) in [7, 11) is 0. The fourth-order valence-electron chi connectivity index (χ4n) is 2.37. The molecule has 1 N–H and O–H groups in total. The van der Waals surface area contributed by atoms with Crippen LogP contribution in [0.25, 0.3) is 6.08 Å². The monoisotopic (exact) mass is 348 g/mol. The minimum absolute atomic E-state index is 0.231. The summed E-state index contributed by atoms with van der Waals surface area (Å²) in [6.45, 7) is 5.65. The number of aromatic hydroxyl groups is 1. The number of fused-ring (bicyclic) bond motifs is 1. The second-order valence-corrected chi connectivity index (χ2v) is 7.41. The Morgan fingerprint density at radius 1 is 1.27 bits per heavy atom. The lowest BCUT2D eigenvalue weighted by atomic mass is 10.3. The molecule has 1 aromatic heterocycles. The lowest BCUT2D eigenvalue weighted by Gasteiger charge is -2.15. The highest BCUT2D eigenvalue weighted by Gasteiger charge is 2.22. The number of anilines is 1. The number of thioether (sulfide) groups is 1. The zero-order chi connectivity index (χ0) is 15.7. The van der Waals surface area contributed by atoms with Crippen LogP contribution in [0.2, 0.25) is 0 Å². The molecule has 0 unspecified atom stereocenters. The lowest BCUT2D eigenvalue weighted by molar-refractivity contribution is 0.419. The van der Waals surface area contributed by atoms with Gasteiger partial charge in [-0.15, -0.1) is 11.3 Å². The van der Waals surface area contributed by atoms with Gasteiger partial charge in [0.25, 0.3) is 0 Å². The molecular formula is C16H16N2OS3. The third-order valence-electron chi connectivity index (χ3n) is 3.46. The summed E-state index contributed by atoms with van der Waals surface area (Å²) in [6.07, 6.45) is 1.83. The molecule has 0 amide bonds. The summed E-state index contributed by atoms with van der Waals surface area (Å²) in [5, 5.41) is 11.2. The lowest BCUT2D eigenvalue weighted by Crippen LogP contribution is -2.15. The summed E-state index contributed by atoms with van der Waals surface area (Å²) in [4.78, 5) is 4.22. The first-order chi connectivity index (χ1) is 10.7. The van der Waals surface area contributed by atoms with Crippen molar-refractivity contribution < 1.29 is 5.11 Å². The van der Waals surface area contributed by atoms with Gasteiger partial charge in [0.2, 0.25) is 5.88 Å². The van der Waals surface area contributed by atoms with Crippen molar-refractivity contribution in [1.82, 2.24) is 4.57 Å². The third-order valence-corrected chi connectivity index (χ3v) is 5.94. The molecule has 0 atom stereocenters. The Balaban J connectivity index is 2.01. The van der Waals surface area contributed by atoms with Gasteiger partial charge >= 0.3 is 0 Å². The summed E-state index contributed by atoms with van der Waals surface area (Å²) in [5.41, 5.74) is 4.54. The fourth-order valence-corrected chi connectivity index (χ4v) is 4.78. The van der Waals surface area contributed by atoms with E-state index in [0.717, 1.165) is 16.5 Å². The van der Waals surface area contributed by atoms with Crippen LogP contribution in [0.1, 0.15) is 18.7 Å². The standard InChI is InChI=1S/C16H16N2OS3/c1-3-17-11-7-5-6-8-12(11)21-14(17)10-9-13-15(19)18(4-2)16(20)22-13/h5-9,19H,3-4H2,1-2H3. The maximum Gasteiger partial charge on any atom is 0.211 e. The van der Waals surface area contributed by atoms with Crippen molar-refractivity contribution in [2.75, 3.05) is 11.4 Å². The van der Waals surface area contributed by atoms with Gasteiger partial charge in [-0.2, -0.15) is 0 Å². The van der Waals surface area contributed by atoms with Gasteiger partial charge in [-0.3, -0.25) is 4.57 Å². The van der Waals surface area contributed by atoms with Crippen LogP contribution in [0.15, 0.2) is 39.9 Å². The van der Waals surface area contributed by atoms with Crippen molar-refractivity contribution in [3.05, 3.63) is 43.9 Å². The molecule has 1 aliphatic heterocycles. The highest BCUT2D eigenvalue weighted by molar-refractivity contribution is 8.03. The first-order valence-electron chi connectivity index (χ1n) is 7.09. The molecule has 2 heterocycles. The van der Waals surface area contributed by atoms with E-state index in [1.165, 1.54) is 21.9 Å². The van der Waals surface area contributed by atoms with Gasteiger partial charge in [0.1, 0.15) is 5.03 Å². The van der Waals surface area contributed by atoms with E-state index in [1.54, 1.807) is 16.3 Å². The predicted octanol–water partition coefficient (Wildman–Crippen LogP) is 5.09. The SMILES string of the molecule is CCN1C(=C=Cc2sc(=S)n(CC)c2O)Sc2ccccc21. The molecular weight excluding hydrogens is 332 g/mol. The number of thiazole rings is 1. The molecule has 1 aromatic carbocycles. The molecule has 3 rings (SSSR count). The molecule has 114 valence electrons. The van der Waals surface area contributed by atoms with Crippen molar-refractivity contribution in [3.63, 3.8) is 0 Å². The van der Waals surface area contributed by atoms with Crippen LogP contribution in [0.4, 0.5) is 5.69 Å². The Hall–Kier alpha value is -1.46. The van der Waals surface area contributed by atoms with Crippen LogP contribution < -0.4 is 4.90 Å². The van der Waals surface area contributed by atoms with Crippen LogP contribution in [-0.2, 0) is 6.54 Å². The highest BCUT2D eigenvalue weighted by atomic mass is 32.2. The van der Waals surface area contributed by atoms with E-state index in [2.05, 4.69) is 29.7 Å². The number of aromatic nitrogens is 1. The van der Waals surface area contributed by atoms with Gasteiger partial charge in [0.15, 0.2) is 3.95 Å². The van der Waals surface area contributed by atoms with Gasteiger partial charge in [-0.25, -0.2) is 0 Å². The molecule has 0 fully saturated rings. The van der Waals surface area contributed by atoms with Gasteiger partial charge in [-0.1, -0.05) is 29.6 Å². The number of nitrogens with zero attached hydrogens (tertiary/aromatic N) is 2. The molecule has 0 saturated carbocycles. The van der Waals surface area contributed by atoms with Crippen LogP contribution in [0.3, 0.4) is 0 Å². The van der Waals surface area contributed by atoms with Gasteiger partial charge < -0.3 is 10.0 Å². The van der Waals surface area contributed by atoms with Gasteiger partial charge in [-0.05, 0) is 38.2 Å². The normalized spacial score (nSPS) is 13.2. The van der Waals surface area contributed by atoms with Gasteiger partial charge in [0.05, 0.1) is 10.6 Å². The van der Waals surface area contributed by atoms with E-state index in [4.69, 9.17) is 12.2 Å². The van der Waals surface area contributed by atoms with E-state index >= 15 is 0 Å². The topological polar surface area (TPSA) is 28.4 Å². The molecule has 0 radical (unpaired) electrons. The summed E-state index contributed by atoms with van der Waals surface area (Å²) in [6, 6.07) is 8.33. The number of para-hydroxylation sites is 1. The number of hydrogen-bond donors (Lipinski definition) is 1. The van der Waals surface area contributed by atoms with Crippen molar-refractivity contribution in [2.24, 2.45) is 0 Å². The maximum atomic E-state index is 10.2. The zero-order valence-electron chi connectivity index (χ0n) is 12.4. The van der Waals surface area contributed by atoms with E-state index in [9.17, 15) is 5.11 Å². The summed E-state index contributed by atoms with van der Waals surface area (Å²) >= 11 is 8.37. The van der Waals surface area contributed by atoms with E-state index in [0.29, 0.717) is 10.5 Å². The molecule has 0 bridgehead atoms. The Morgan fingerprint density at radius 2 is 2.05 bits per heavy atom. The average Bonchev–Trinajstić information content (AvgIpc) is 3.01. The summed E-state index contributed by atoms with van der Waals surface area (Å²) in [5.74, 6) is 0.231. The molecule has 0 aliphatic carbocycles. The number of rotatable bonds is 3. The van der Waals surface area contributed by atoms with E-state index in [-0.39, 0.29) is 5.88 Å². The van der Waals surface area contributed by atoms with Crippen LogP contribution in [-0.4, -0.2) is 16.2 Å². The minimum Gasteiger partial charge on any atom is -0.493 e. The molecule has 0 saturated heterocycles. The number of hydrogen-bond acceptors (Lipinski definition) is 5. The number of benzene rings is 1. The molecule has 2 aromatic rings. The Kier molecular flexibility index (Phi) is 4.45. The Bertz CT molecular complexity index is 828. The highest BCUT2D eigenvalue weighted by Crippen LogP contribution is 2.45. The Morgan fingerprint density at radius 3 is 2.73 bits per heavy atom.